The summed E-state index contributed by atoms with van der Waals surface area (Å²) < 4.78 is 1.73. The second-order valence-corrected chi connectivity index (χ2v) is 4.89. The van der Waals surface area contributed by atoms with Gasteiger partial charge in [0.15, 0.2) is 0 Å². The summed E-state index contributed by atoms with van der Waals surface area (Å²) in [5, 5.41) is 23.3. The van der Waals surface area contributed by atoms with E-state index in [1.807, 2.05) is 32.7 Å². The van der Waals surface area contributed by atoms with Gasteiger partial charge in [-0.1, -0.05) is 0 Å². The average molecular weight is 256 g/mol. The van der Waals surface area contributed by atoms with E-state index in [2.05, 4.69) is 5.10 Å². The van der Waals surface area contributed by atoms with E-state index in [9.17, 15) is 5.11 Å². The molecule has 6 nitrogen and oxygen atoms in total. The first-order valence-electron chi connectivity index (χ1n) is 6.15. The summed E-state index contributed by atoms with van der Waals surface area (Å²) in [7, 11) is 1.87. The molecule has 0 aromatic carbocycles. The maximum Gasteiger partial charge on any atom is 0.0862 e. The molecule has 0 saturated carbocycles. The Kier molecular flexibility index (Phi) is 5.13. The Hall–Kier alpha value is -1.11. The molecule has 0 aliphatic rings. The van der Waals surface area contributed by atoms with Crippen LogP contribution in [0.15, 0.2) is 0 Å². The van der Waals surface area contributed by atoms with Crippen molar-refractivity contribution < 1.29 is 10.2 Å². The topological polar surface area (TPSA) is 87.5 Å². The lowest BCUT2D eigenvalue weighted by Crippen LogP contribution is -2.39. The molecule has 0 bridgehead atoms. The molecule has 6 heteroatoms. The Labute approximate surface area is 108 Å². The molecule has 0 aliphatic heterocycles. The van der Waals surface area contributed by atoms with Crippen molar-refractivity contribution in [2.45, 2.75) is 39.5 Å². The van der Waals surface area contributed by atoms with Gasteiger partial charge < -0.3 is 15.9 Å². The summed E-state index contributed by atoms with van der Waals surface area (Å²) in [5.74, 6) is 0. The molecule has 1 rings (SSSR count). The van der Waals surface area contributed by atoms with Gasteiger partial charge in [0.05, 0.1) is 36.3 Å². The van der Waals surface area contributed by atoms with Crippen LogP contribution in [0.2, 0.25) is 0 Å². The SMILES string of the molecule is Cc1nn(CC(O)CN(C)C(C)CO)c(C)c1N. The zero-order chi connectivity index (χ0) is 13.9. The number of aliphatic hydroxyl groups is 2. The lowest BCUT2D eigenvalue weighted by Gasteiger charge is -2.25. The minimum atomic E-state index is -0.540. The van der Waals surface area contributed by atoms with Crippen LogP contribution in [0.5, 0.6) is 0 Å². The van der Waals surface area contributed by atoms with Gasteiger partial charge in [-0.25, -0.2) is 0 Å². The van der Waals surface area contributed by atoms with Crippen LogP contribution < -0.4 is 5.73 Å². The highest BCUT2D eigenvalue weighted by Gasteiger charge is 2.16. The zero-order valence-corrected chi connectivity index (χ0v) is 11.6. The second-order valence-electron chi connectivity index (χ2n) is 4.89. The molecular weight excluding hydrogens is 232 g/mol. The summed E-state index contributed by atoms with van der Waals surface area (Å²) >= 11 is 0. The fourth-order valence-electron chi connectivity index (χ4n) is 1.80. The van der Waals surface area contributed by atoms with Gasteiger partial charge in [-0.15, -0.1) is 0 Å². The smallest absolute Gasteiger partial charge is 0.0862 e. The molecule has 18 heavy (non-hydrogen) atoms. The van der Waals surface area contributed by atoms with Crippen LogP contribution in [0.1, 0.15) is 18.3 Å². The van der Waals surface area contributed by atoms with Crippen molar-refractivity contribution in [2.24, 2.45) is 0 Å². The van der Waals surface area contributed by atoms with Gasteiger partial charge in [0.1, 0.15) is 0 Å². The van der Waals surface area contributed by atoms with E-state index < -0.39 is 6.10 Å². The van der Waals surface area contributed by atoms with Crippen molar-refractivity contribution in [1.29, 1.82) is 0 Å². The van der Waals surface area contributed by atoms with E-state index in [-0.39, 0.29) is 12.6 Å². The molecule has 0 saturated heterocycles. The Morgan fingerprint density at radius 1 is 1.44 bits per heavy atom. The number of likely N-dealkylation sites (N-methyl/N-ethyl adjacent to an activating group) is 1. The molecule has 1 heterocycles. The van der Waals surface area contributed by atoms with Gasteiger partial charge in [0, 0.05) is 12.6 Å². The van der Waals surface area contributed by atoms with Crippen LogP contribution in [0, 0.1) is 13.8 Å². The zero-order valence-electron chi connectivity index (χ0n) is 11.6. The number of hydrogen-bond acceptors (Lipinski definition) is 5. The van der Waals surface area contributed by atoms with Crippen LogP contribution >= 0.6 is 0 Å². The molecule has 0 spiro atoms. The summed E-state index contributed by atoms with van der Waals surface area (Å²) in [4.78, 5) is 1.92. The molecule has 4 N–H and O–H groups in total. The van der Waals surface area contributed by atoms with E-state index in [1.165, 1.54) is 0 Å². The van der Waals surface area contributed by atoms with E-state index in [0.29, 0.717) is 18.8 Å². The van der Waals surface area contributed by atoms with Crippen molar-refractivity contribution in [3.63, 3.8) is 0 Å². The molecule has 1 aromatic rings. The highest BCUT2D eigenvalue weighted by Crippen LogP contribution is 2.15. The number of rotatable bonds is 6. The lowest BCUT2D eigenvalue weighted by atomic mass is 10.2. The third-order valence-corrected chi connectivity index (χ3v) is 3.34. The predicted octanol–water partition coefficient (Wildman–Crippen LogP) is -0.244. The van der Waals surface area contributed by atoms with Gasteiger partial charge in [-0.3, -0.25) is 9.58 Å². The maximum atomic E-state index is 10.0. The van der Waals surface area contributed by atoms with Crippen molar-refractivity contribution in [2.75, 3.05) is 25.9 Å². The number of nitrogens with two attached hydrogens (primary N) is 1. The Morgan fingerprint density at radius 2 is 2.06 bits per heavy atom. The number of anilines is 1. The number of nitrogen functional groups attached to an aromatic ring is 1. The maximum absolute atomic E-state index is 10.0. The van der Waals surface area contributed by atoms with Crippen LogP contribution in [0.3, 0.4) is 0 Å². The fraction of sp³-hybridized carbons (Fsp3) is 0.750. The van der Waals surface area contributed by atoms with Gasteiger partial charge in [0.25, 0.3) is 0 Å². The van der Waals surface area contributed by atoms with Gasteiger partial charge >= 0.3 is 0 Å². The lowest BCUT2D eigenvalue weighted by molar-refractivity contribution is 0.0736. The van der Waals surface area contributed by atoms with Crippen LogP contribution in [0.4, 0.5) is 5.69 Å². The summed E-state index contributed by atoms with van der Waals surface area (Å²) in [6.07, 6.45) is -0.540. The third-order valence-electron chi connectivity index (χ3n) is 3.34. The third kappa shape index (κ3) is 3.44. The van der Waals surface area contributed by atoms with Crippen LogP contribution in [-0.2, 0) is 6.54 Å². The van der Waals surface area contributed by atoms with Gasteiger partial charge in [-0.2, -0.15) is 5.10 Å². The molecule has 0 amide bonds. The number of aryl methyl sites for hydroxylation is 1. The van der Waals surface area contributed by atoms with Gasteiger partial charge in [-0.05, 0) is 27.8 Å². The Bertz CT molecular complexity index is 392. The first-order valence-corrected chi connectivity index (χ1v) is 6.15. The fourth-order valence-corrected chi connectivity index (χ4v) is 1.80. The minimum absolute atomic E-state index is 0.0326. The van der Waals surface area contributed by atoms with E-state index in [1.54, 1.807) is 4.68 Å². The molecule has 104 valence electrons. The minimum Gasteiger partial charge on any atom is -0.396 e. The molecule has 1 aromatic heterocycles. The first kappa shape index (κ1) is 14.9. The number of aliphatic hydroxyl groups excluding tert-OH is 2. The van der Waals surface area contributed by atoms with Crippen molar-refractivity contribution >= 4 is 5.69 Å². The number of hydrogen-bond donors (Lipinski definition) is 3. The van der Waals surface area contributed by atoms with E-state index >= 15 is 0 Å². The number of nitrogens with zero attached hydrogens (tertiary/aromatic N) is 3. The molecule has 0 radical (unpaired) electrons. The van der Waals surface area contributed by atoms with Crippen LogP contribution in [0.25, 0.3) is 0 Å². The quantitative estimate of drug-likeness (QED) is 0.653. The summed E-state index contributed by atoms with van der Waals surface area (Å²) in [6, 6.07) is 0.0326. The molecule has 2 unspecified atom stereocenters. The summed E-state index contributed by atoms with van der Waals surface area (Å²) in [6.45, 7) is 6.63. The summed E-state index contributed by atoms with van der Waals surface area (Å²) in [5.41, 5.74) is 8.19. The van der Waals surface area contributed by atoms with E-state index in [4.69, 9.17) is 10.8 Å². The van der Waals surface area contributed by atoms with Gasteiger partial charge in [0.2, 0.25) is 0 Å². The number of aromatic nitrogens is 2. The average Bonchev–Trinajstić information content (AvgIpc) is 2.55. The molecular formula is C12H24N4O2. The molecule has 0 aliphatic carbocycles. The first-order chi connectivity index (χ1) is 8.36. The monoisotopic (exact) mass is 256 g/mol. The Balaban J connectivity index is 2.59. The largest absolute Gasteiger partial charge is 0.396 e. The molecule has 2 atom stereocenters. The van der Waals surface area contributed by atoms with Crippen molar-refractivity contribution in [3.05, 3.63) is 11.4 Å². The van der Waals surface area contributed by atoms with E-state index in [0.717, 1.165) is 11.4 Å². The second kappa shape index (κ2) is 6.17. The standard InChI is InChI=1S/C12H24N4O2/c1-8(7-17)15(4)5-11(18)6-16-10(3)12(13)9(2)14-16/h8,11,17-18H,5-7,13H2,1-4H3. The predicted molar refractivity (Wildman–Crippen MR) is 71.3 cm³/mol. The molecule has 0 fully saturated rings. The van der Waals surface area contributed by atoms with Crippen molar-refractivity contribution in [1.82, 2.24) is 14.7 Å². The highest BCUT2D eigenvalue weighted by molar-refractivity contribution is 5.46. The van der Waals surface area contributed by atoms with Crippen molar-refractivity contribution in [3.8, 4) is 0 Å². The van der Waals surface area contributed by atoms with Crippen LogP contribution in [-0.4, -0.2) is 57.2 Å². The Morgan fingerprint density at radius 3 is 2.50 bits per heavy atom. The normalized spacial score (nSPS) is 15.1. The highest BCUT2D eigenvalue weighted by atomic mass is 16.3.